The van der Waals surface area contributed by atoms with E-state index in [4.69, 9.17) is 51.7 Å². The Morgan fingerprint density at radius 2 is 1.85 bits per heavy atom. The first-order chi connectivity index (χ1) is 9.21. The number of sulfonamides is 1. The lowest BCUT2D eigenvalue weighted by Crippen LogP contribution is -2.32. The van der Waals surface area contributed by atoms with E-state index in [1.54, 1.807) is 24.3 Å². The maximum Gasteiger partial charge on any atom is 0.253 e. The van der Waals surface area contributed by atoms with Gasteiger partial charge in [0.15, 0.2) is 4.84 Å². The molecule has 1 aromatic rings. The van der Waals surface area contributed by atoms with E-state index in [1.165, 1.54) is 12.1 Å². The molecule has 0 bridgehead atoms. The van der Waals surface area contributed by atoms with E-state index in [2.05, 4.69) is 0 Å². The van der Waals surface area contributed by atoms with Crippen LogP contribution in [0.2, 0.25) is 0 Å². The zero-order valence-corrected chi connectivity index (χ0v) is 14.4. The molecule has 110 valence electrons. The smallest absolute Gasteiger partial charge is 0.206 e. The summed E-state index contributed by atoms with van der Waals surface area (Å²) in [4.78, 5) is -1.24. The second-order valence-electron chi connectivity index (χ2n) is 3.39. The number of benzene rings is 1. The minimum atomic E-state index is -3.94. The molecule has 0 N–H and O–H groups in total. The average Bonchev–Trinajstić information content (AvgIpc) is 2.39. The Morgan fingerprint density at radius 3 is 2.30 bits per heavy atom. The van der Waals surface area contributed by atoms with Gasteiger partial charge in [-0.25, -0.2) is 8.42 Å². The van der Waals surface area contributed by atoms with E-state index < -0.39 is 25.1 Å². The summed E-state index contributed by atoms with van der Waals surface area (Å²) in [7, 11) is -3.94. The molecule has 0 spiro atoms. The molecular formula is C10H8Cl4N2O2S2. The van der Waals surface area contributed by atoms with E-state index in [9.17, 15) is 8.42 Å². The Bertz CT molecular complexity index is 587. The molecule has 0 aliphatic carbocycles. The number of hydrogen-bond donors (Lipinski definition) is 0. The normalized spacial score (nSPS) is 12.7. The fourth-order valence-electron chi connectivity index (χ4n) is 1.11. The minimum absolute atomic E-state index is 0.00702. The molecule has 0 fully saturated rings. The molecule has 0 heterocycles. The van der Waals surface area contributed by atoms with Gasteiger partial charge in [0.2, 0.25) is 3.67 Å². The van der Waals surface area contributed by atoms with Crippen LogP contribution < -0.4 is 0 Å². The fourth-order valence-corrected chi connectivity index (χ4v) is 4.53. The van der Waals surface area contributed by atoms with Crippen LogP contribution in [0.5, 0.6) is 0 Å². The lowest BCUT2D eigenvalue weighted by Gasteiger charge is -2.26. The minimum Gasteiger partial charge on any atom is -0.206 e. The molecule has 0 atom stereocenters. The van der Waals surface area contributed by atoms with Crippen molar-refractivity contribution in [3.05, 3.63) is 30.3 Å². The molecule has 1 rings (SSSR count). The van der Waals surface area contributed by atoms with Gasteiger partial charge < -0.3 is 0 Å². The molecule has 20 heavy (non-hydrogen) atoms. The summed E-state index contributed by atoms with van der Waals surface area (Å²) in [6, 6.07) is 9.30. The van der Waals surface area contributed by atoms with Crippen LogP contribution in [-0.4, -0.2) is 27.2 Å². The number of nitrogens with zero attached hydrogens (tertiary/aromatic N) is 2. The van der Waals surface area contributed by atoms with Gasteiger partial charge in [0.05, 0.1) is 11.0 Å². The molecule has 0 unspecified atom stereocenters. The average molecular weight is 394 g/mol. The molecule has 4 nitrogen and oxygen atoms in total. The van der Waals surface area contributed by atoms with Gasteiger partial charge in [0, 0.05) is 0 Å². The molecule has 0 aliphatic rings. The van der Waals surface area contributed by atoms with Crippen molar-refractivity contribution < 1.29 is 8.42 Å². The number of hydrogen-bond acceptors (Lipinski definition) is 4. The van der Waals surface area contributed by atoms with Crippen molar-refractivity contribution in [2.24, 2.45) is 0 Å². The standard InChI is InChI=1S/C10H8Cl4N2O2S2/c11-9(12)10(13,14)19-16(7-6-15)20(17,18)8-4-2-1-3-5-8/h1-5,9H,7H2. The molecular weight excluding hydrogens is 386 g/mol. The van der Waals surface area contributed by atoms with Gasteiger partial charge in [0.1, 0.15) is 6.54 Å². The summed E-state index contributed by atoms with van der Waals surface area (Å²) in [5, 5.41) is 8.76. The lowest BCUT2D eigenvalue weighted by atomic mass is 10.4. The van der Waals surface area contributed by atoms with Gasteiger partial charge in [-0.2, -0.15) is 5.26 Å². The van der Waals surface area contributed by atoms with Crippen LogP contribution in [0.3, 0.4) is 0 Å². The second-order valence-corrected chi connectivity index (χ2v) is 9.68. The lowest BCUT2D eigenvalue weighted by molar-refractivity contribution is 0.556. The van der Waals surface area contributed by atoms with Crippen molar-refractivity contribution in [2.45, 2.75) is 13.4 Å². The monoisotopic (exact) mass is 392 g/mol. The Hall–Kier alpha value is 0.130. The van der Waals surface area contributed by atoms with Crippen LogP contribution in [0.1, 0.15) is 0 Å². The molecule has 0 aromatic heterocycles. The largest absolute Gasteiger partial charge is 0.253 e. The van der Waals surface area contributed by atoms with E-state index in [0.29, 0.717) is 11.9 Å². The van der Waals surface area contributed by atoms with Crippen LogP contribution in [0.25, 0.3) is 0 Å². The van der Waals surface area contributed by atoms with Gasteiger partial charge in [-0.1, -0.05) is 41.4 Å². The zero-order chi connectivity index (χ0) is 15.4. The van der Waals surface area contributed by atoms with Crippen molar-refractivity contribution in [2.75, 3.05) is 6.54 Å². The maximum absolute atomic E-state index is 12.4. The van der Waals surface area contributed by atoms with Crippen LogP contribution in [0.4, 0.5) is 0 Å². The van der Waals surface area contributed by atoms with Crippen molar-refractivity contribution in [3.8, 4) is 6.07 Å². The second kappa shape index (κ2) is 7.41. The zero-order valence-electron chi connectivity index (χ0n) is 9.71. The highest BCUT2D eigenvalue weighted by molar-refractivity contribution is 8.11. The first kappa shape index (κ1) is 18.2. The van der Waals surface area contributed by atoms with Gasteiger partial charge >= 0.3 is 0 Å². The SMILES string of the molecule is N#CCN(SC(Cl)(Cl)C(Cl)Cl)S(=O)(=O)c1ccccc1. The number of nitriles is 1. The topological polar surface area (TPSA) is 61.2 Å². The third-order valence-corrected chi connectivity index (χ3v) is 7.35. The summed E-state index contributed by atoms with van der Waals surface area (Å²) in [5.41, 5.74) is 0. The van der Waals surface area contributed by atoms with Crippen LogP contribution in [0.15, 0.2) is 35.2 Å². The van der Waals surface area contributed by atoms with Gasteiger partial charge in [0.25, 0.3) is 10.0 Å². The van der Waals surface area contributed by atoms with Crippen LogP contribution in [0, 0.1) is 11.3 Å². The Kier molecular flexibility index (Phi) is 6.74. The highest BCUT2D eigenvalue weighted by Gasteiger charge is 2.40. The molecule has 0 aliphatic heterocycles. The Morgan fingerprint density at radius 1 is 1.30 bits per heavy atom. The quantitative estimate of drug-likeness (QED) is 0.419. The van der Waals surface area contributed by atoms with Crippen molar-refractivity contribution in [1.82, 2.24) is 3.71 Å². The van der Waals surface area contributed by atoms with Crippen molar-refractivity contribution in [3.63, 3.8) is 0 Å². The first-order valence-electron chi connectivity index (χ1n) is 5.01. The summed E-state index contributed by atoms with van der Waals surface area (Å²) >= 11 is 23.3. The Balaban J connectivity index is 3.12. The van der Waals surface area contributed by atoms with E-state index in [0.717, 1.165) is 3.71 Å². The van der Waals surface area contributed by atoms with Gasteiger partial charge in [-0.3, -0.25) is 0 Å². The predicted molar refractivity (Wildman–Crippen MR) is 83.5 cm³/mol. The third kappa shape index (κ3) is 4.57. The molecule has 0 amide bonds. The Labute approximate surface area is 141 Å². The highest BCUT2D eigenvalue weighted by atomic mass is 35.5. The summed E-state index contributed by atoms with van der Waals surface area (Å²) in [6.45, 7) is -0.455. The summed E-state index contributed by atoms with van der Waals surface area (Å²) in [6.07, 6.45) is 0. The van der Waals surface area contributed by atoms with E-state index >= 15 is 0 Å². The summed E-state index contributed by atoms with van der Waals surface area (Å²) < 4.78 is 23.7. The number of halogens is 4. The molecule has 1 aromatic carbocycles. The van der Waals surface area contributed by atoms with Crippen molar-refractivity contribution in [1.29, 1.82) is 5.26 Å². The van der Waals surface area contributed by atoms with Crippen LogP contribution >= 0.6 is 58.4 Å². The van der Waals surface area contributed by atoms with E-state index in [-0.39, 0.29) is 4.90 Å². The summed E-state index contributed by atoms with van der Waals surface area (Å²) in [5.74, 6) is 0. The van der Waals surface area contributed by atoms with Gasteiger partial charge in [-0.05, 0) is 24.1 Å². The molecule has 0 saturated heterocycles. The first-order valence-corrected chi connectivity index (χ1v) is 8.86. The molecule has 10 heteroatoms. The maximum atomic E-state index is 12.4. The van der Waals surface area contributed by atoms with Crippen LogP contribution in [-0.2, 0) is 10.0 Å². The molecule has 0 saturated carbocycles. The fraction of sp³-hybridized carbons (Fsp3) is 0.300. The third-order valence-electron chi connectivity index (χ3n) is 1.99. The van der Waals surface area contributed by atoms with Gasteiger partial charge in [-0.15, -0.1) is 26.9 Å². The number of alkyl halides is 4. The van der Waals surface area contributed by atoms with E-state index in [1.807, 2.05) is 0 Å². The predicted octanol–water partition coefficient (Wildman–Crippen LogP) is 3.78. The number of rotatable bonds is 6. The van der Waals surface area contributed by atoms with Crippen molar-refractivity contribution >= 4 is 68.4 Å². The molecule has 0 radical (unpaired) electrons. The highest BCUT2D eigenvalue weighted by Crippen LogP contribution is 2.45.